The van der Waals surface area contributed by atoms with Crippen molar-refractivity contribution >= 4 is 17.7 Å². The fourth-order valence-corrected chi connectivity index (χ4v) is 4.49. The molecule has 1 amide bonds. The molecule has 2 heterocycles. The summed E-state index contributed by atoms with van der Waals surface area (Å²) < 4.78 is 7.76. The zero-order valence-corrected chi connectivity index (χ0v) is 18.1. The molecule has 1 aliphatic carbocycles. The van der Waals surface area contributed by atoms with Gasteiger partial charge in [0, 0.05) is 17.9 Å². The van der Waals surface area contributed by atoms with E-state index in [1.807, 2.05) is 24.0 Å². The lowest BCUT2D eigenvalue weighted by atomic mass is 10.0. The third-order valence-corrected chi connectivity index (χ3v) is 6.25. The summed E-state index contributed by atoms with van der Waals surface area (Å²) in [5, 5.41) is 0.951. The first kappa shape index (κ1) is 20.8. The molecule has 0 N–H and O–H groups in total. The average Bonchev–Trinajstić information content (AvgIpc) is 3.32. The van der Waals surface area contributed by atoms with Crippen LogP contribution in [0.3, 0.4) is 0 Å². The van der Waals surface area contributed by atoms with Gasteiger partial charge in [0.05, 0.1) is 24.3 Å². The molecule has 0 saturated carbocycles. The van der Waals surface area contributed by atoms with E-state index in [9.17, 15) is 4.79 Å². The van der Waals surface area contributed by atoms with E-state index in [1.54, 1.807) is 18.0 Å². The van der Waals surface area contributed by atoms with Crippen LogP contribution in [0.1, 0.15) is 62.6 Å². The largest absolute Gasteiger partial charge is 0.467 e. The predicted octanol–water partition coefficient (Wildman–Crippen LogP) is 5.47. The Bertz CT molecular complexity index is 808. The molecular weight excluding hydrogens is 370 g/mol. The number of allylic oxidation sites excluding steroid dienone is 2. The van der Waals surface area contributed by atoms with Gasteiger partial charge >= 0.3 is 0 Å². The maximum atomic E-state index is 13.1. The van der Waals surface area contributed by atoms with Gasteiger partial charge in [-0.05, 0) is 58.1 Å². The first-order chi connectivity index (χ1) is 13.6. The number of hydrogen-bond donors (Lipinski definition) is 0. The van der Waals surface area contributed by atoms with E-state index in [0.717, 1.165) is 61.0 Å². The minimum absolute atomic E-state index is 0.120. The van der Waals surface area contributed by atoms with Gasteiger partial charge in [0.25, 0.3) is 0 Å². The summed E-state index contributed by atoms with van der Waals surface area (Å²) in [5.74, 6) is 1.33. The number of carbonyl (C=O) groups is 1. The van der Waals surface area contributed by atoms with Crippen LogP contribution in [0.4, 0.5) is 0 Å². The van der Waals surface area contributed by atoms with E-state index in [-0.39, 0.29) is 5.91 Å². The van der Waals surface area contributed by atoms with Crippen molar-refractivity contribution in [2.45, 2.75) is 77.5 Å². The second kappa shape index (κ2) is 10.0. The van der Waals surface area contributed by atoms with Gasteiger partial charge in [-0.1, -0.05) is 31.2 Å². The van der Waals surface area contributed by atoms with Gasteiger partial charge in [-0.15, -0.1) is 0 Å². The van der Waals surface area contributed by atoms with E-state index in [0.29, 0.717) is 12.3 Å². The molecule has 5 nitrogen and oxygen atoms in total. The molecule has 152 valence electrons. The normalized spacial score (nSPS) is 14.2. The highest BCUT2D eigenvalue weighted by molar-refractivity contribution is 7.99. The summed E-state index contributed by atoms with van der Waals surface area (Å²) in [4.78, 5) is 19.8. The summed E-state index contributed by atoms with van der Waals surface area (Å²) in [6.45, 7) is 7.81. The van der Waals surface area contributed by atoms with Crippen molar-refractivity contribution in [1.29, 1.82) is 0 Å². The molecule has 2 aromatic heterocycles. The first-order valence-corrected chi connectivity index (χ1v) is 11.3. The zero-order chi connectivity index (χ0) is 19.9. The molecule has 0 radical (unpaired) electrons. The monoisotopic (exact) mass is 401 g/mol. The molecule has 0 aliphatic heterocycles. The molecule has 0 spiro atoms. The second-order valence-corrected chi connectivity index (χ2v) is 8.30. The summed E-state index contributed by atoms with van der Waals surface area (Å²) in [5.41, 5.74) is 3.38. The van der Waals surface area contributed by atoms with Gasteiger partial charge in [0.2, 0.25) is 5.91 Å². The Hall–Kier alpha value is -1.95. The Labute approximate surface area is 172 Å². The van der Waals surface area contributed by atoms with Crippen LogP contribution in [0.25, 0.3) is 0 Å². The summed E-state index contributed by atoms with van der Waals surface area (Å²) in [7, 11) is 0. The molecule has 2 aromatic rings. The number of furan rings is 1. The number of thioether (sulfide) groups is 1. The number of imidazole rings is 1. The molecule has 0 bridgehead atoms. The highest BCUT2D eigenvalue weighted by Gasteiger charge is 2.22. The molecule has 0 atom stereocenters. The fourth-order valence-electron chi connectivity index (χ4n) is 3.49. The Morgan fingerprint density at radius 1 is 1.36 bits per heavy atom. The van der Waals surface area contributed by atoms with Crippen LogP contribution < -0.4 is 0 Å². The minimum Gasteiger partial charge on any atom is -0.467 e. The Balaban J connectivity index is 1.71. The number of aromatic nitrogens is 2. The van der Waals surface area contributed by atoms with Gasteiger partial charge in [-0.2, -0.15) is 0 Å². The summed E-state index contributed by atoms with van der Waals surface area (Å²) in [6.07, 6.45) is 10.5. The van der Waals surface area contributed by atoms with Crippen LogP contribution in [-0.2, 0) is 17.9 Å². The molecule has 0 fully saturated rings. The lowest BCUT2D eigenvalue weighted by molar-refractivity contribution is -0.127. The molecule has 0 unspecified atom stereocenters. The lowest BCUT2D eigenvalue weighted by Crippen LogP contribution is -2.32. The van der Waals surface area contributed by atoms with E-state index in [1.165, 1.54) is 12.1 Å². The highest BCUT2D eigenvalue weighted by atomic mass is 32.2. The number of hydrogen-bond acceptors (Lipinski definition) is 4. The fraction of sp³-hybridized carbons (Fsp3) is 0.545. The number of nitrogens with zero attached hydrogens (tertiary/aromatic N) is 3. The van der Waals surface area contributed by atoms with Crippen molar-refractivity contribution in [2.24, 2.45) is 0 Å². The molecule has 0 saturated heterocycles. The van der Waals surface area contributed by atoms with Gasteiger partial charge < -0.3 is 13.9 Å². The summed E-state index contributed by atoms with van der Waals surface area (Å²) in [6, 6.07) is 3.80. The number of amides is 1. The first-order valence-electron chi connectivity index (χ1n) is 10.3. The van der Waals surface area contributed by atoms with Crippen LogP contribution >= 0.6 is 11.8 Å². The Kier molecular flexibility index (Phi) is 7.43. The minimum atomic E-state index is 0.120. The van der Waals surface area contributed by atoms with E-state index in [2.05, 4.69) is 24.5 Å². The van der Waals surface area contributed by atoms with Crippen LogP contribution in [0.5, 0.6) is 0 Å². The van der Waals surface area contributed by atoms with Crippen LogP contribution in [0, 0.1) is 13.8 Å². The predicted molar refractivity (Wildman–Crippen MR) is 113 cm³/mol. The van der Waals surface area contributed by atoms with E-state index in [4.69, 9.17) is 9.40 Å². The van der Waals surface area contributed by atoms with Crippen molar-refractivity contribution in [3.8, 4) is 0 Å². The molecule has 6 heteroatoms. The van der Waals surface area contributed by atoms with Crippen molar-refractivity contribution < 1.29 is 9.21 Å². The number of unbranched alkanes of at least 4 members (excludes halogenated alkanes) is 1. The van der Waals surface area contributed by atoms with Gasteiger partial charge in [-0.25, -0.2) is 4.98 Å². The summed E-state index contributed by atoms with van der Waals surface area (Å²) >= 11 is 1.55. The van der Waals surface area contributed by atoms with Gasteiger partial charge in [-0.3, -0.25) is 4.79 Å². The SMILES string of the molecule is CCCCn1c(SCC(=O)N(Cc2ccco2)C2=CCCCC2)nc(C)c1C. The van der Waals surface area contributed by atoms with Crippen LogP contribution in [0.15, 0.2) is 39.7 Å². The average molecular weight is 402 g/mol. The van der Waals surface area contributed by atoms with E-state index < -0.39 is 0 Å². The third-order valence-electron chi connectivity index (χ3n) is 5.29. The Morgan fingerprint density at radius 2 is 2.21 bits per heavy atom. The molecule has 1 aliphatic rings. The van der Waals surface area contributed by atoms with Gasteiger partial charge in [0.1, 0.15) is 5.76 Å². The Morgan fingerprint density at radius 3 is 2.89 bits per heavy atom. The molecule has 3 rings (SSSR count). The number of carbonyl (C=O) groups excluding carboxylic acids is 1. The van der Waals surface area contributed by atoms with Crippen molar-refractivity contribution in [3.63, 3.8) is 0 Å². The van der Waals surface area contributed by atoms with Crippen molar-refractivity contribution in [2.75, 3.05) is 5.75 Å². The van der Waals surface area contributed by atoms with Gasteiger partial charge in [0.15, 0.2) is 5.16 Å². The topological polar surface area (TPSA) is 51.3 Å². The molecular formula is C22H31N3O2S. The number of aryl methyl sites for hydroxylation is 1. The number of rotatable bonds is 9. The maximum Gasteiger partial charge on any atom is 0.237 e. The zero-order valence-electron chi connectivity index (χ0n) is 17.2. The third kappa shape index (κ3) is 5.10. The smallest absolute Gasteiger partial charge is 0.237 e. The van der Waals surface area contributed by atoms with Crippen molar-refractivity contribution in [3.05, 3.63) is 47.3 Å². The van der Waals surface area contributed by atoms with Crippen LogP contribution in [-0.4, -0.2) is 26.1 Å². The maximum absolute atomic E-state index is 13.1. The quantitative estimate of drug-likeness (QED) is 0.523. The van der Waals surface area contributed by atoms with E-state index >= 15 is 0 Å². The van der Waals surface area contributed by atoms with Crippen molar-refractivity contribution in [1.82, 2.24) is 14.5 Å². The second-order valence-electron chi connectivity index (χ2n) is 7.36. The van der Waals surface area contributed by atoms with Crippen LogP contribution in [0.2, 0.25) is 0 Å². The highest BCUT2D eigenvalue weighted by Crippen LogP contribution is 2.26. The molecule has 28 heavy (non-hydrogen) atoms. The standard InChI is InChI=1S/C22H31N3O2S/c1-4-5-13-24-18(3)17(2)23-22(24)28-16-21(26)25(15-20-12-9-14-27-20)19-10-7-6-8-11-19/h9-10,12,14H,4-8,11,13,15-16H2,1-3H3. The lowest BCUT2D eigenvalue weighted by Gasteiger charge is -2.27. The molecule has 0 aromatic carbocycles.